The molecule has 0 aliphatic carbocycles. The van der Waals surface area contributed by atoms with Crippen LogP contribution in [0.3, 0.4) is 0 Å². The molecule has 0 saturated heterocycles. The highest BCUT2D eigenvalue weighted by Gasteiger charge is 2.14. The zero-order valence-electron chi connectivity index (χ0n) is 10.9. The number of nitrogens with one attached hydrogen (secondary N) is 1. The minimum Gasteiger partial charge on any atom is -0.468 e. The summed E-state index contributed by atoms with van der Waals surface area (Å²) in [6, 6.07) is 9.76. The summed E-state index contributed by atoms with van der Waals surface area (Å²) in [6.45, 7) is 1.92. The number of nitrogen functional groups attached to an aromatic ring is 1. The Morgan fingerprint density at radius 2 is 2.10 bits per heavy atom. The summed E-state index contributed by atoms with van der Waals surface area (Å²) in [4.78, 5) is 6.31. The van der Waals surface area contributed by atoms with Crippen molar-refractivity contribution in [2.75, 3.05) is 0 Å². The van der Waals surface area contributed by atoms with E-state index in [1.54, 1.807) is 24.2 Å². The van der Waals surface area contributed by atoms with Gasteiger partial charge in [0.2, 0.25) is 0 Å². The number of rotatable bonds is 3. The highest BCUT2D eigenvalue weighted by atomic mass is 32.2. The average molecular weight is 283 g/mol. The van der Waals surface area contributed by atoms with Gasteiger partial charge in [-0.15, -0.1) is 0 Å². The lowest BCUT2D eigenvalue weighted by Gasteiger charge is -2.10. The van der Waals surface area contributed by atoms with E-state index in [0.29, 0.717) is 5.56 Å². The number of fused-ring (bicyclic) bond motifs is 1. The Hall–Kier alpha value is -2.27. The number of aryl methyl sites for hydroxylation is 1. The van der Waals surface area contributed by atoms with Crippen LogP contribution in [0.15, 0.2) is 57.0 Å². The van der Waals surface area contributed by atoms with Crippen LogP contribution in [0, 0.1) is 12.3 Å². The molecule has 5 heteroatoms. The minimum atomic E-state index is 0.0203. The van der Waals surface area contributed by atoms with E-state index in [4.69, 9.17) is 15.6 Å². The molecule has 0 atom stereocenters. The van der Waals surface area contributed by atoms with Crippen molar-refractivity contribution in [1.82, 2.24) is 4.98 Å². The van der Waals surface area contributed by atoms with E-state index in [2.05, 4.69) is 4.98 Å². The molecule has 0 aliphatic heterocycles. The summed E-state index contributed by atoms with van der Waals surface area (Å²) >= 11 is 1.55. The number of nitrogens with zero attached hydrogens (tertiary/aromatic N) is 1. The maximum absolute atomic E-state index is 7.73. The maximum atomic E-state index is 7.73. The largest absolute Gasteiger partial charge is 0.468 e. The number of benzene rings is 1. The van der Waals surface area contributed by atoms with Gasteiger partial charge in [0.15, 0.2) is 0 Å². The third-order valence-electron chi connectivity index (χ3n) is 3.04. The number of aromatic nitrogens is 1. The minimum absolute atomic E-state index is 0.0203. The lowest BCUT2D eigenvalue weighted by atomic mass is 10.1. The van der Waals surface area contributed by atoms with Gasteiger partial charge in [-0.1, -0.05) is 30.0 Å². The van der Waals surface area contributed by atoms with Crippen molar-refractivity contribution in [3.05, 3.63) is 54.1 Å². The van der Waals surface area contributed by atoms with Crippen molar-refractivity contribution in [3.63, 3.8) is 0 Å². The molecule has 4 nitrogen and oxygen atoms in total. The SMILES string of the molecule is Cc1occc1Sc1c(C(=N)N)cnc2ccccc12. The highest BCUT2D eigenvalue weighted by Crippen LogP contribution is 2.37. The molecule has 0 saturated carbocycles. The van der Waals surface area contributed by atoms with Crippen LogP contribution in [-0.4, -0.2) is 10.8 Å². The Kier molecular flexibility index (Phi) is 3.20. The van der Waals surface area contributed by atoms with Gasteiger partial charge in [-0.05, 0) is 19.1 Å². The molecular weight excluding hydrogens is 270 g/mol. The van der Waals surface area contributed by atoms with Gasteiger partial charge in [0.05, 0.1) is 16.7 Å². The van der Waals surface area contributed by atoms with Gasteiger partial charge in [0.25, 0.3) is 0 Å². The molecule has 2 aromatic heterocycles. The number of para-hydroxylation sites is 1. The molecule has 2 heterocycles. The number of pyridine rings is 1. The number of hydrogen-bond donors (Lipinski definition) is 2. The predicted octanol–water partition coefficient (Wildman–Crippen LogP) is 3.57. The first-order valence-corrected chi connectivity index (χ1v) is 6.92. The Morgan fingerprint density at radius 1 is 1.30 bits per heavy atom. The number of amidine groups is 1. The Labute approximate surface area is 120 Å². The van der Waals surface area contributed by atoms with Crippen LogP contribution < -0.4 is 5.73 Å². The monoisotopic (exact) mass is 283 g/mol. The van der Waals surface area contributed by atoms with Crippen LogP contribution in [-0.2, 0) is 0 Å². The van der Waals surface area contributed by atoms with Crippen molar-refractivity contribution in [2.45, 2.75) is 16.7 Å². The molecule has 0 unspecified atom stereocenters. The first kappa shape index (κ1) is 12.7. The first-order valence-electron chi connectivity index (χ1n) is 6.11. The summed E-state index contributed by atoms with van der Waals surface area (Å²) < 4.78 is 5.33. The lowest BCUT2D eigenvalue weighted by Crippen LogP contribution is -2.13. The Bertz CT molecular complexity index is 795. The third kappa shape index (κ3) is 2.16. The fraction of sp³-hybridized carbons (Fsp3) is 0.0667. The van der Waals surface area contributed by atoms with Crippen LogP contribution in [0.1, 0.15) is 11.3 Å². The van der Waals surface area contributed by atoms with E-state index in [0.717, 1.165) is 26.5 Å². The molecule has 3 rings (SSSR count). The fourth-order valence-corrected chi connectivity index (χ4v) is 3.10. The third-order valence-corrected chi connectivity index (χ3v) is 4.33. The van der Waals surface area contributed by atoms with E-state index in [9.17, 15) is 0 Å². The molecule has 3 N–H and O–H groups in total. The van der Waals surface area contributed by atoms with Gasteiger partial charge in [0, 0.05) is 22.0 Å². The molecule has 20 heavy (non-hydrogen) atoms. The van der Waals surface area contributed by atoms with Crippen molar-refractivity contribution in [1.29, 1.82) is 5.41 Å². The molecule has 0 amide bonds. The van der Waals surface area contributed by atoms with E-state index in [1.807, 2.05) is 37.3 Å². The molecule has 100 valence electrons. The summed E-state index contributed by atoms with van der Waals surface area (Å²) in [5, 5.41) is 8.73. The molecular formula is C15H13N3OS. The highest BCUT2D eigenvalue weighted by molar-refractivity contribution is 7.99. The van der Waals surface area contributed by atoms with Crippen LogP contribution in [0.2, 0.25) is 0 Å². The first-order chi connectivity index (χ1) is 9.66. The standard InChI is InChI=1S/C15H13N3OS/c1-9-13(6-7-19-9)20-14-10-4-2-3-5-12(10)18-8-11(14)15(16)17/h2-8H,1H3,(H3,16,17). The van der Waals surface area contributed by atoms with Gasteiger partial charge >= 0.3 is 0 Å². The Morgan fingerprint density at radius 3 is 2.80 bits per heavy atom. The van der Waals surface area contributed by atoms with Crippen LogP contribution in [0.25, 0.3) is 10.9 Å². The molecule has 0 fully saturated rings. The molecule has 0 aliphatic rings. The van der Waals surface area contributed by atoms with Crippen LogP contribution in [0.5, 0.6) is 0 Å². The average Bonchev–Trinajstić information content (AvgIpc) is 2.84. The second-order valence-electron chi connectivity index (χ2n) is 4.37. The molecule has 1 aromatic carbocycles. The summed E-state index contributed by atoms with van der Waals surface area (Å²) in [5.74, 6) is 0.872. The van der Waals surface area contributed by atoms with Crippen molar-refractivity contribution < 1.29 is 4.42 Å². The van der Waals surface area contributed by atoms with Crippen molar-refractivity contribution >= 4 is 28.5 Å². The van der Waals surface area contributed by atoms with Gasteiger partial charge in [-0.3, -0.25) is 10.4 Å². The second kappa shape index (κ2) is 5.02. The van der Waals surface area contributed by atoms with E-state index in [1.165, 1.54) is 0 Å². The number of nitrogens with two attached hydrogens (primary N) is 1. The van der Waals surface area contributed by atoms with Crippen molar-refractivity contribution in [2.24, 2.45) is 5.73 Å². The predicted molar refractivity (Wildman–Crippen MR) is 80.3 cm³/mol. The maximum Gasteiger partial charge on any atom is 0.125 e. The van der Waals surface area contributed by atoms with E-state index >= 15 is 0 Å². The Balaban J connectivity index is 2.22. The summed E-state index contributed by atoms with van der Waals surface area (Å²) in [7, 11) is 0. The fourth-order valence-electron chi connectivity index (χ4n) is 2.01. The van der Waals surface area contributed by atoms with Gasteiger partial charge in [0.1, 0.15) is 11.6 Å². The number of hydrogen-bond acceptors (Lipinski definition) is 4. The molecule has 3 aromatic rings. The van der Waals surface area contributed by atoms with Gasteiger partial charge in [-0.2, -0.15) is 0 Å². The molecule has 0 bridgehead atoms. The van der Waals surface area contributed by atoms with E-state index < -0.39 is 0 Å². The van der Waals surface area contributed by atoms with Crippen LogP contribution in [0.4, 0.5) is 0 Å². The summed E-state index contributed by atoms with van der Waals surface area (Å²) in [5.41, 5.74) is 7.22. The summed E-state index contributed by atoms with van der Waals surface area (Å²) in [6.07, 6.45) is 3.32. The lowest BCUT2D eigenvalue weighted by molar-refractivity contribution is 0.527. The molecule has 0 radical (unpaired) electrons. The van der Waals surface area contributed by atoms with E-state index in [-0.39, 0.29) is 5.84 Å². The normalized spacial score (nSPS) is 10.8. The van der Waals surface area contributed by atoms with Crippen molar-refractivity contribution in [3.8, 4) is 0 Å². The van der Waals surface area contributed by atoms with Gasteiger partial charge in [-0.25, -0.2) is 0 Å². The molecule has 0 spiro atoms. The smallest absolute Gasteiger partial charge is 0.125 e. The quantitative estimate of drug-likeness (QED) is 0.569. The van der Waals surface area contributed by atoms with Gasteiger partial charge < -0.3 is 10.2 Å². The topological polar surface area (TPSA) is 75.9 Å². The van der Waals surface area contributed by atoms with Crippen LogP contribution >= 0.6 is 11.8 Å². The number of furan rings is 1. The zero-order valence-corrected chi connectivity index (χ0v) is 11.7. The second-order valence-corrected chi connectivity index (χ2v) is 5.43. The zero-order chi connectivity index (χ0) is 14.1.